The standard InChI is InChI=1S/C32H23F3N6O3S/c33-32(34,35)20-12-21(40-27-26(28(42)29(27)43)39-16-18-4-3-9-36-15-18)14-22(13-20)41-31(44)30-25(8-11-45-30)38-17-19-7-10-37-24-6-2-1-5-23(19)24/h1-15,38-40H,16-17H2,(H,41,44). The summed E-state index contributed by atoms with van der Waals surface area (Å²) in [4.78, 5) is 46.4. The molecule has 13 heteroatoms. The number of nitrogens with zero attached hydrogens (tertiary/aromatic N) is 2. The Morgan fingerprint density at radius 3 is 2.44 bits per heavy atom. The summed E-state index contributed by atoms with van der Waals surface area (Å²) in [6.07, 6.45) is 0.0962. The molecule has 0 saturated carbocycles. The van der Waals surface area contributed by atoms with Crippen molar-refractivity contribution >= 4 is 56.6 Å². The Bertz CT molecular complexity index is 2080. The zero-order valence-corrected chi connectivity index (χ0v) is 24.1. The maximum absolute atomic E-state index is 13.8. The normalized spacial score (nSPS) is 11.4. The number of nitrogens with one attached hydrogen (secondary N) is 4. The van der Waals surface area contributed by atoms with Gasteiger partial charge in [0.1, 0.15) is 16.3 Å². The van der Waals surface area contributed by atoms with Gasteiger partial charge in [0.15, 0.2) is 0 Å². The number of thiophene rings is 1. The van der Waals surface area contributed by atoms with E-state index in [2.05, 4.69) is 31.2 Å². The summed E-state index contributed by atoms with van der Waals surface area (Å²) in [6.45, 7) is 0.558. The first-order valence-electron chi connectivity index (χ1n) is 13.6. The lowest BCUT2D eigenvalue weighted by atomic mass is 10.1. The van der Waals surface area contributed by atoms with Crippen LogP contribution in [0.2, 0.25) is 0 Å². The summed E-state index contributed by atoms with van der Waals surface area (Å²) in [5.74, 6) is -0.620. The van der Waals surface area contributed by atoms with Crippen LogP contribution in [-0.4, -0.2) is 15.9 Å². The number of halogens is 3. The third-order valence-corrected chi connectivity index (χ3v) is 7.88. The minimum atomic E-state index is -4.75. The van der Waals surface area contributed by atoms with E-state index in [9.17, 15) is 27.6 Å². The number of para-hydroxylation sites is 1. The molecule has 0 aliphatic rings. The second-order valence-electron chi connectivity index (χ2n) is 10.0. The van der Waals surface area contributed by atoms with Crippen molar-refractivity contribution in [2.75, 3.05) is 21.3 Å². The Kier molecular flexibility index (Phi) is 8.00. The number of alkyl halides is 3. The second-order valence-corrected chi connectivity index (χ2v) is 10.9. The van der Waals surface area contributed by atoms with Gasteiger partial charge >= 0.3 is 6.18 Å². The highest BCUT2D eigenvalue weighted by Crippen LogP contribution is 2.35. The summed E-state index contributed by atoms with van der Waals surface area (Å²) < 4.78 is 41.5. The topological polar surface area (TPSA) is 125 Å². The van der Waals surface area contributed by atoms with Gasteiger partial charge in [-0.3, -0.25) is 24.4 Å². The molecule has 6 aromatic rings. The van der Waals surface area contributed by atoms with Gasteiger partial charge in [0, 0.05) is 48.4 Å². The fourth-order valence-corrected chi connectivity index (χ4v) is 5.53. The SMILES string of the molecule is O=C(Nc1cc(Nc2c(NCc3cccnc3)c(=O)c2=O)cc(C(F)(F)F)c1)c1sccc1NCc1ccnc2ccccc12. The van der Waals surface area contributed by atoms with E-state index in [0.29, 0.717) is 12.2 Å². The fourth-order valence-electron chi connectivity index (χ4n) is 4.76. The van der Waals surface area contributed by atoms with Crippen molar-refractivity contribution in [1.29, 1.82) is 0 Å². The number of amides is 1. The van der Waals surface area contributed by atoms with Gasteiger partial charge in [-0.05, 0) is 59.0 Å². The van der Waals surface area contributed by atoms with Crippen LogP contribution >= 0.6 is 11.3 Å². The van der Waals surface area contributed by atoms with Crippen molar-refractivity contribution in [2.24, 2.45) is 0 Å². The molecule has 0 atom stereocenters. The molecule has 3 aromatic heterocycles. The van der Waals surface area contributed by atoms with Crippen molar-refractivity contribution in [3.05, 3.63) is 133 Å². The molecule has 45 heavy (non-hydrogen) atoms. The minimum Gasteiger partial charge on any atom is -0.380 e. The maximum Gasteiger partial charge on any atom is 0.416 e. The first-order valence-corrected chi connectivity index (χ1v) is 14.5. The first-order chi connectivity index (χ1) is 21.7. The number of anilines is 5. The van der Waals surface area contributed by atoms with Crippen molar-refractivity contribution < 1.29 is 18.0 Å². The number of rotatable bonds is 10. The lowest BCUT2D eigenvalue weighted by Gasteiger charge is -2.17. The number of hydrogen-bond acceptors (Lipinski definition) is 9. The average Bonchev–Trinajstić information content (AvgIpc) is 3.52. The zero-order valence-electron chi connectivity index (χ0n) is 23.2. The molecule has 9 nitrogen and oxygen atoms in total. The van der Waals surface area contributed by atoms with Crippen molar-refractivity contribution in [2.45, 2.75) is 19.3 Å². The molecule has 1 amide bonds. The van der Waals surface area contributed by atoms with E-state index in [0.717, 1.165) is 45.5 Å². The average molecular weight is 629 g/mol. The summed E-state index contributed by atoms with van der Waals surface area (Å²) in [6, 6.07) is 17.6. The number of benzene rings is 2. The molecule has 226 valence electrons. The molecule has 6 rings (SSSR count). The van der Waals surface area contributed by atoms with Gasteiger partial charge in [0.2, 0.25) is 0 Å². The van der Waals surface area contributed by atoms with Gasteiger partial charge in [-0.1, -0.05) is 24.3 Å². The van der Waals surface area contributed by atoms with Gasteiger partial charge < -0.3 is 21.3 Å². The highest BCUT2D eigenvalue weighted by Gasteiger charge is 2.32. The quantitative estimate of drug-likeness (QED) is 0.126. The Morgan fingerprint density at radius 2 is 1.64 bits per heavy atom. The van der Waals surface area contributed by atoms with Crippen LogP contribution in [-0.2, 0) is 19.3 Å². The molecule has 0 radical (unpaired) electrons. The second kappa shape index (κ2) is 12.2. The van der Waals surface area contributed by atoms with Gasteiger partial charge in [0.25, 0.3) is 16.8 Å². The predicted octanol–water partition coefficient (Wildman–Crippen LogP) is 6.53. The number of fused-ring (bicyclic) bond motifs is 1. The molecule has 0 saturated heterocycles. The molecule has 0 bridgehead atoms. The smallest absolute Gasteiger partial charge is 0.380 e. The van der Waals surface area contributed by atoms with Crippen molar-refractivity contribution in [1.82, 2.24) is 9.97 Å². The monoisotopic (exact) mass is 628 g/mol. The van der Waals surface area contributed by atoms with E-state index in [1.807, 2.05) is 30.3 Å². The van der Waals surface area contributed by atoms with Gasteiger partial charge in [-0.25, -0.2) is 0 Å². The number of carbonyl (C=O) groups is 1. The van der Waals surface area contributed by atoms with Crippen molar-refractivity contribution in [3.8, 4) is 0 Å². The zero-order chi connectivity index (χ0) is 31.6. The van der Waals surface area contributed by atoms with Gasteiger partial charge in [-0.15, -0.1) is 11.3 Å². The molecule has 0 spiro atoms. The molecule has 0 aliphatic carbocycles. The highest BCUT2D eigenvalue weighted by atomic mass is 32.1. The van der Waals surface area contributed by atoms with Crippen LogP contribution in [0.25, 0.3) is 10.9 Å². The molecule has 3 heterocycles. The molecule has 0 aliphatic heterocycles. The Labute approximate surface area is 257 Å². The summed E-state index contributed by atoms with van der Waals surface area (Å²) in [5.41, 5.74) is -0.201. The lowest BCUT2D eigenvalue weighted by molar-refractivity contribution is -0.137. The number of carbonyl (C=O) groups excluding carboxylic acids is 1. The van der Waals surface area contributed by atoms with Gasteiger partial charge in [-0.2, -0.15) is 13.2 Å². The van der Waals surface area contributed by atoms with Gasteiger partial charge in [0.05, 0.1) is 16.8 Å². The first kappa shape index (κ1) is 29.5. The van der Waals surface area contributed by atoms with Crippen LogP contribution in [0.1, 0.15) is 26.4 Å². The maximum atomic E-state index is 13.8. The number of aromatic nitrogens is 2. The van der Waals surface area contributed by atoms with Crippen LogP contribution in [0.15, 0.2) is 100 Å². The number of pyridine rings is 2. The van der Waals surface area contributed by atoms with E-state index in [1.54, 1.807) is 42.2 Å². The van der Waals surface area contributed by atoms with Crippen LogP contribution in [0.5, 0.6) is 0 Å². The summed E-state index contributed by atoms with van der Waals surface area (Å²) >= 11 is 1.13. The van der Waals surface area contributed by atoms with Crippen molar-refractivity contribution in [3.63, 3.8) is 0 Å². The molecule has 3 aromatic carbocycles. The van der Waals surface area contributed by atoms with E-state index >= 15 is 0 Å². The van der Waals surface area contributed by atoms with E-state index in [4.69, 9.17) is 0 Å². The Morgan fingerprint density at radius 1 is 0.844 bits per heavy atom. The van der Waals surface area contributed by atoms with Crippen LogP contribution in [0, 0.1) is 0 Å². The van der Waals surface area contributed by atoms with E-state index in [-0.39, 0.29) is 34.2 Å². The fraction of sp³-hybridized carbons (Fsp3) is 0.0938. The molecular formula is C32H23F3N6O3S. The largest absolute Gasteiger partial charge is 0.416 e. The predicted molar refractivity (Wildman–Crippen MR) is 169 cm³/mol. The summed E-state index contributed by atoms with van der Waals surface area (Å²) in [5, 5.41) is 13.9. The lowest BCUT2D eigenvalue weighted by Crippen LogP contribution is -2.36. The molecule has 0 unspecified atom stereocenters. The Balaban J connectivity index is 1.21. The third-order valence-electron chi connectivity index (χ3n) is 6.97. The van der Waals surface area contributed by atoms with E-state index in [1.165, 1.54) is 6.07 Å². The van der Waals surface area contributed by atoms with Crippen LogP contribution in [0.4, 0.5) is 41.6 Å². The molecule has 4 N–H and O–H groups in total. The Hall–Kier alpha value is -5.56. The number of hydrogen-bond donors (Lipinski definition) is 4. The molecule has 0 fully saturated rings. The van der Waals surface area contributed by atoms with Crippen LogP contribution < -0.4 is 32.1 Å². The minimum absolute atomic E-state index is 0.0527. The van der Waals surface area contributed by atoms with Crippen LogP contribution in [0.3, 0.4) is 0 Å². The molecular weight excluding hydrogens is 605 g/mol. The van der Waals surface area contributed by atoms with E-state index < -0.39 is 28.5 Å². The third kappa shape index (κ3) is 6.38. The summed E-state index contributed by atoms with van der Waals surface area (Å²) in [7, 11) is 0. The highest BCUT2D eigenvalue weighted by molar-refractivity contribution is 7.12.